The first-order valence-electron chi connectivity index (χ1n) is 9.30. The van der Waals surface area contributed by atoms with Crippen LogP contribution in [-0.4, -0.2) is 38.0 Å². The van der Waals surface area contributed by atoms with Crippen molar-refractivity contribution < 1.29 is 23.0 Å². The van der Waals surface area contributed by atoms with Gasteiger partial charge in [0.15, 0.2) is 28.8 Å². The van der Waals surface area contributed by atoms with Crippen LogP contribution in [0.25, 0.3) is 0 Å². The van der Waals surface area contributed by atoms with E-state index < -0.39 is 17.5 Å². The van der Waals surface area contributed by atoms with Crippen molar-refractivity contribution >= 4 is 29.1 Å². The van der Waals surface area contributed by atoms with Gasteiger partial charge in [-0.2, -0.15) is 4.99 Å². The molecular weight excluding hydrogens is 396 g/mol. The van der Waals surface area contributed by atoms with Crippen LogP contribution in [0.4, 0.5) is 20.2 Å². The van der Waals surface area contributed by atoms with Crippen LogP contribution in [0.5, 0.6) is 11.5 Å². The summed E-state index contributed by atoms with van der Waals surface area (Å²) in [6.45, 7) is 0.916. The number of anilines is 1. The van der Waals surface area contributed by atoms with Crippen molar-refractivity contribution in [2.24, 2.45) is 15.8 Å². The zero-order valence-corrected chi connectivity index (χ0v) is 16.2. The average molecular weight is 416 g/mol. The molecule has 156 valence electrons. The summed E-state index contributed by atoms with van der Waals surface area (Å²) >= 11 is 0. The van der Waals surface area contributed by atoms with Crippen molar-refractivity contribution in [3.8, 4) is 11.5 Å². The number of nitrogens with one attached hydrogen (secondary N) is 1. The predicted octanol–water partition coefficient (Wildman–Crippen LogP) is 2.73. The second-order valence-electron chi connectivity index (χ2n) is 6.96. The molecule has 2 aromatic carbocycles. The minimum atomic E-state index is -0.986. The second kappa shape index (κ2) is 7.71. The number of ether oxygens (including phenoxy) is 2. The molecule has 0 aliphatic carbocycles. The average Bonchev–Trinajstić information content (AvgIpc) is 3.05. The zero-order valence-electron chi connectivity index (χ0n) is 16.2. The summed E-state index contributed by atoms with van der Waals surface area (Å²) in [5.41, 5.74) is 6.33. The minimum Gasteiger partial charge on any atom is -0.486 e. The van der Waals surface area contributed by atoms with E-state index in [1.807, 2.05) is 6.07 Å². The molecule has 8 nitrogen and oxygen atoms in total. The summed E-state index contributed by atoms with van der Waals surface area (Å²) in [7, 11) is 1.80. The number of hydrogen-bond donors (Lipinski definition) is 2. The lowest BCUT2D eigenvalue weighted by atomic mass is 10.2. The fourth-order valence-corrected chi connectivity index (χ4v) is 3.26. The third-order valence-electron chi connectivity index (χ3n) is 4.83. The number of carbonyl (C=O) groups is 1. The molecule has 0 spiro atoms. The molecule has 1 unspecified atom stereocenters. The molecule has 2 heterocycles. The number of rotatable bonds is 5. The van der Waals surface area contributed by atoms with Gasteiger partial charge in [0.05, 0.1) is 6.42 Å². The Morgan fingerprint density at radius 3 is 2.63 bits per heavy atom. The number of benzene rings is 2. The van der Waals surface area contributed by atoms with Crippen LogP contribution in [-0.2, 0) is 4.79 Å². The van der Waals surface area contributed by atoms with E-state index in [9.17, 15) is 13.6 Å². The molecule has 0 aromatic heterocycles. The van der Waals surface area contributed by atoms with Crippen molar-refractivity contribution in [2.75, 3.05) is 25.6 Å². The van der Waals surface area contributed by atoms with Crippen molar-refractivity contribution in [2.45, 2.75) is 12.8 Å². The SMILES string of the molecule is C[N+]1(c2ccc3c(c2)OCCO3)N=C(Nc2ccc(F)c(F)c2)N=C1CCC(N)=O. The van der Waals surface area contributed by atoms with E-state index in [1.165, 1.54) is 6.07 Å². The molecule has 3 N–H and O–H groups in total. The third kappa shape index (κ3) is 3.81. The first-order valence-corrected chi connectivity index (χ1v) is 9.30. The fourth-order valence-electron chi connectivity index (χ4n) is 3.26. The van der Waals surface area contributed by atoms with Crippen molar-refractivity contribution in [3.63, 3.8) is 0 Å². The van der Waals surface area contributed by atoms with E-state index in [4.69, 9.17) is 15.2 Å². The number of guanidine groups is 1. The number of nitrogens with zero attached hydrogens (tertiary/aromatic N) is 3. The standard InChI is InChI=1S/C20H19F2N5O3/c1-27(13-3-5-16-17(11-13)30-9-8-29-16)19(7-6-18(23)28)25-20(26-27)24-12-2-4-14(21)15(22)10-12/h2-5,10-11H,6-9H2,1H3,(H2-,23,24,26,28)/p+1. The Labute approximate surface area is 171 Å². The van der Waals surface area contributed by atoms with Crippen LogP contribution in [0, 0.1) is 11.6 Å². The van der Waals surface area contributed by atoms with Crippen molar-refractivity contribution in [1.82, 2.24) is 4.59 Å². The first kappa shape index (κ1) is 19.8. The smallest absolute Gasteiger partial charge is 0.286 e. The van der Waals surface area contributed by atoms with Gasteiger partial charge in [0.2, 0.25) is 11.7 Å². The lowest BCUT2D eigenvalue weighted by Gasteiger charge is -2.25. The first-order chi connectivity index (χ1) is 14.3. The number of fused-ring (bicyclic) bond motifs is 1. The summed E-state index contributed by atoms with van der Waals surface area (Å²) in [5.74, 6) is -0.431. The van der Waals surface area contributed by atoms with E-state index in [1.54, 1.807) is 19.2 Å². The highest BCUT2D eigenvalue weighted by atomic mass is 19.2. The van der Waals surface area contributed by atoms with E-state index in [0.717, 1.165) is 17.8 Å². The Hall–Kier alpha value is -3.53. The highest BCUT2D eigenvalue weighted by Crippen LogP contribution is 2.38. The largest absolute Gasteiger partial charge is 0.486 e. The number of amides is 1. The molecule has 4 rings (SSSR count). The van der Waals surface area contributed by atoms with Gasteiger partial charge in [-0.05, 0) is 23.3 Å². The Balaban J connectivity index is 1.68. The van der Waals surface area contributed by atoms with Crippen LogP contribution in [0.3, 0.4) is 0 Å². The number of halogens is 2. The van der Waals surface area contributed by atoms with Gasteiger partial charge in [0.25, 0.3) is 5.96 Å². The third-order valence-corrected chi connectivity index (χ3v) is 4.83. The number of primary amides is 1. The normalized spacial score (nSPS) is 19.8. The minimum absolute atomic E-state index is 0.0874. The van der Waals surface area contributed by atoms with Crippen LogP contribution >= 0.6 is 0 Å². The van der Waals surface area contributed by atoms with Gasteiger partial charge in [-0.1, -0.05) is 0 Å². The Morgan fingerprint density at radius 2 is 1.90 bits per heavy atom. The van der Waals surface area contributed by atoms with Crippen molar-refractivity contribution in [3.05, 3.63) is 48.0 Å². The van der Waals surface area contributed by atoms with Crippen LogP contribution in [0.1, 0.15) is 12.8 Å². The zero-order chi connectivity index (χ0) is 21.3. The van der Waals surface area contributed by atoms with Gasteiger partial charge in [-0.15, -0.1) is 4.59 Å². The van der Waals surface area contributed by atoms with Crippen LogP contribution in [0.15, 0.2) is 46.5 Å². The van der Waals surface area contributed by atoms with Gasteiger partial charge in [0.1, 0.15) is 20.3 Å². The van der Waals surface area contributed by atoms with E-state index >= 15 is 0 Å². The number of hydrogen-bond acceptors (Lipinski definition) is 6. The van der Waals surface area contributed by atoms with Gasteiger partial charge < -0.3 is 20.5 Å². The summed E-state index contributed by atoms with van der Waals surface area (Å²) in [6, 6.07) is 8.83. The van der Waals surface area contributed by atoms with Gasteiger partial charge in [-0.25, -0.2) is 8.78 Å². The Bertz CT molecular complexity index is 1070. The molecule has 2 aliphatic rings. The van der Waals surface area contributed by atoms with E-state index in [2.05, 4.69) is 15.4 Å². The van der Waals surface area contributed by atoms with Crippen LogP contribution < -0.4 is 25.1 Å². The fraction of sp³-hybridized carbons (Fsp3) is 0.250. The van der Waals surface area contributed by atoms with Gasteiger partial charge in [0, 0.05) is 30.3 Å². The van der Waals surface area contributed by atoms with Crippen molar-refractivity contribution in [1.29, 1.82) is 0 Å². The van der Waals surface area contributed by atoms with Gasteiger partial charge in [-0.3, -0.25) is 4.79 Å². The molecule has 2 aliphatic heterocycles. The molecular formula is C20H20F2N5O3+. The highest BCUT2D eigenvalue weighted by molar-refractivity contribution is 6.11. The second-order valence-corrected chi connectivity index (χ2v) is 6.96. The predicted molar refractivity (Wildman–Crippen MR) is 108 cm³/mol. The molecule has 0 saturated heterocycles. The summed E-state index contributed by atoms with van der Waals surface area (Å²) in [4.78, 5) is 15.8. The molecule has 2 aromatic rings. The molecule has 10 heteroatoms. The quantitative estimate of drug-likeness (QED) is 0.733. The number of carbonyl (C=O) groups excluding carboxylic acids is 1. The summed E-state index contributed by atoms with van der Waals surface area (Å²) in [6.07, 6.45) is 0.359. The molecule has 0 fully saturated rings. The molecule has 0 bridgehead atoms. The molecule has 1 atom stereocenters. The monoisotopic (exact) mass is 416 g/mol. The maximum atomic E-state index is 13.5. The summed E-state index contributed by atoms with van der Waals surface area (Å²) in [5, 5.41) is 7.50. The van der Waals surface area contributed by atoms with Gasteiger partial charge >= 0.3 is 0 Å². The number of nitrogens with two attached hydrogens (primary N) is 1. The molecule has 0 radical (unpaired) electrons. The maximum absolute atomic E-state index is 13.5. The molecule has 30 heavy (non-hydrogen) atoms. The number of quaternary nitrogens is 1. The number of amidine groups is 1. The number of aliphatic imine (C=N–C) groups is 1. The highest BCUT2D eigenvalue weighted by Gasteiger charge is 2.40. The molecule has 0 saturated carbocycles. The topological polar surface area (TPSA) is 98.3 Å². The lowest BCUT2D eigenvalue weighted by Crippen LogP contribution is -2.43. The summed E-state index contributed by atoms with van der Waals surface area (Å²) < 4.78 is 37.9. The Morgan fingerprint density at radius 1 is 1.13 bits per heavy atom. The van der Waals surface area contributed by atoms with E-state index in [-0.39, 0.29) is 23.4 Å². The Kier molecular flexibility index (Phi) is 5.08. The lowest BCUT2D eigenvalue weighted by molar-refractivity contribution is -0.117. The maximum Gasteiger partial charge on any atom is 0.286 e. The van der Waals surface area contributed by atoms with E-state index in [0.29, 0.717) is 36.2 Å². The molecule has 1 amide bonds. The van der Waals surface area contributed by atoms with Crippen LogP contribution in [0.2, 0.25) is 0 Å².